The summed E-state index contributed by atoms with van der Waals surface area (Å²) >= 11 is 1.71. The highest BCUT2D eigenvalue weighted by Crippen LogP contribution is 2.22. The van der Waals surface area contributed by atoms with Crippen molar-refractivity contribution in [1.82, 2.24) is 19.9 Å². The van der Waals surface area contributed by atoms with E-state index in [4.69, 9.17) is 5.41 Å². The van der Waals surface area contributed by atoms with Crippen molar-refractivity contribution in [1.29, 1.82) is 5.41 Å². The van der Waals surface area contributed by atoms with Crippen LogP contribution in [0.4, 0.5) is 11.6 Å². The summed E-state index contributed by atoms with van der Waals surface area (Å²) in [6.45, 7) is 6.73. The van der Waals surface area contributed by atoms with Crippen LogP contribution in [-0.2, 0) is 12.8 Å². The molecular weight excluding hydrogens is 334 g/mol. The first kappa shape index (κ1) is 17.8. The zero-order chi connectivity index (χ0) is 17.6. The summed E-state index contributed by atoms with van der Waals surface area (Å²) in [5.41, 5.74) is 1.87. The summed E-state index contributed by atoms with van der Waals surface area (Å²) in [4.78, 5) is 17.9. The van der Waals surface area contributed by atoms with Gasteiger partial charge in [-0.1, -0.05) is 6.92 Å². The Morgan fingerprint density at radius 3 is 2.76 bits per heavy atom. The highest BCUT2D eigenvalue weighted by molar-refractivity contribution is 7.09. The molecule has 0 bridgehead atoms. The number of rotatable bonds is 7. The maximum atomic E-state index is 7.82. The van der Waals surface area contributed by atoms with E-state index in [1.807, 2.05) is 0 Å². The fourth-order valence-electron chi connectivity index (χ4n) is 2.87. The lowest BCUT2D eigenvalue weighted by Gasteiger charge is -2.34. The molecule has 1 saturated heterocycles. The molecule has 3 rings (SSSR count). The summed E-state index contributed by atoms with van der Waals surface area (Å²) in [5.74, 6) is 1.58. The number of aromatic nitrogens is 3. The molecule has 7 nitrogen and oxygen atoms in total. The fraction of sp³-hybridized carbons (Fsp3) is 0.529. The molecule has 1 aliphatic rings. The second-order valence-corrected chi connectivity index (χ2v) is 7.10. The maximum absolute atomic E-state index is 7.82. The van der Waals surface area contributed by atoms with Gasteiger partial charge in [0.25, 0.3) is 0 Å². The van der Waals surface area contributed by atoms with Crippen molar-refractivity contribution in [2.75, 3.05) is 50.0 Å². The Kier molecular flexibility index (Phi) is 5.93. The molecule has 0 aromatic carbocycles. The first-order chi connectivity index (χ1) is 12.2. The Bertz CT molecular complexity index is 707. The Balaban J connectivity index is 1.66. The number of hydrogen-bond donors (Lipinski definition) is 2. The molecule has 0 saturated carbocycles. The molecule has 2 aromatic rings. The van der Waals surface area contributed by atoms with E-state index in [0.29, 0.717) is 0 Å². The van der Waals surface area contributed by atoms with Crippen LogP contribution in [0.5, 0.6) is 0 Å². The number of nitrogens with one attached hydrogen (secondary N) is 2. The maximum Gasteiger partial charge on any atom is 0.143 e. The second kappa shape index (κ2) is 8.35. The zero-order valence-corrected chi connectivity index (χ0v) is 15.6. The van der Waals surface area contributed by atoms with Gasteiger partial charge < -0.3 is 20.5 Å². The molecule has 1 fully saturated rings. The van der Waals surface area contributed by atoms with Crippen LogP contribution in [0, 0.1) is 5.41 Å². The Hall–Kier alpha value is -2.06. The Morgan fingerprint density at radius 2 is 2.08 bits per heavy atom. The number of nitrogens with zero attached hydrogens (tertiary/aromatic N) is 5. The van der Waals surface area contributed by atoms with Crippen LogP contribution < -0.4 is 10.2 Å². The Morgan fingerprint density at radius 1 is 1.28 bits per heavy atom. The average Bonchev–Trinajstić information content (AvgIpc) is 3.10. The number of piperazine rings is 1. The molecule has 0 unspecified atom stereocenters. The first-order valence-corrected chi connectivity index (χ1v) is 9.55. The minimum absolute atomic E-state index is 0.727. The van der Waals surface area contributed by atoms with Crippen molar-refractivity contribution < 1.29 is 0 Å². The third-order valence-electron chi connectivity index (χ3n) is 4.39. The summed E-state index contributed by atoms with van der Waals surface area (Å²) in [7, 11) is 2.13. The quantitative estimate of drug-likeness (QED) is 0.735. The number of anilines is 2. The van der Waals surface area contributed by atoms with Crippen LogP contribution in [0.15, 0.2) is 11.7 Å². The largest absolute Gasteiger partial charge is 0.369 e. The predicted octanol–water partition coefficient (Wildman–Crippen LogP) is 1.90. The zero-order valence-electron chi connectivity index (χ0n) is 14.8. The molecule has 8 heteroatoms. The van der Waals surface area contributed by atoms with Crippen LogP contribution in [0.2, 0.25) is 0 Å². The normalized spacial score (nSPS) is 15.4. The van der Waals surface area contributed by atoms with E-state index in [0.717, 1.165) is 68.5 Å². The molecule has 0 spiro atoms. The SMILES string of the molecule is CCc1nc(CCNc2ncnc(N3CCN(C)CC3)c2C=N)cs1. The minimum Gasteiger partial charge on any atom is -0.369 e. The summed E-state index contributed by atoms with van der Waals surface area (Å²) < 4.78 is 0. The lowest BCUT2D eigenvalue weighted by Crippen LogP contribution is -2.45. The highest BCUT2D eigenvalue weighted by Gasteiger charge is 2.19. The third kappa shape index (κ3) is 4.32. The molecule has 3 heterocycles. The lowest BCUT2D eigenvalue weighted by atomic mass is 10.2. The molecule has 134 valence electrons. The van der Waals surface area contributed by atoms with E-state index < -0.39 is 0 Å². The summed E-state index contributed by atoms with van der Waals surface area (Å²) in [6, 6.07) is 0. The standard InChI is InChI=1S/C17H25N7S/c1-3-15-22-13(11-25-15)4-5-19-16-14(10-18)17(21-12-20-16)24-8-6-23(2)7-9-24/h10-12,18H,3-9H2,1-2H3,(H,19,20,21). The number of hydrogen-bond acceptors (Lipinski definition) is 8. The van der Waals surface area contributed by atoms with Crippen molar-refractivity contribution in [3.63, 3.8) is 0 Å². The summed E-state index contributed by atoms with van der Waals surface area (Å²) in [5, 5.41) is 14.5. The van der Waals surface area contributed by atoms with E-state index in [9.17, 15) is 0 Å². The van der Waals surface area contributed by atoms with Gasteiger partial charge in [0.15, 0.2) is 0 Å². The van der Waals surface area contributed by atoms with Crippen LogP contribution in [0.1, 0.15) is 23.2 Å². The molecule has 0 radical (unpaired) electrons. The fourth-order valence-corrected chi connectivity index (χ4v) is 3.64. The molecule has 0 atom stereocenters. The van der Waals surface area contributed by atoms with E-state index in [2.05, 4.69) is 49.4 Å². The van der Waals surface area contributed by atoms with Gasteiger partial charge in [-0.05, 0) is 13.5 Å². The molecule has 2 N–H and O–H groups in total. The topological polar surface area (TPSA) is 81.0 Å². The van der Waals surface area contributed by atoms with E-state index in [-0.39, 0.29) is 0 Å². The monoisotopic (exact) mass is 359 g/mol. The van der Waals surface area contributed by atoms with Crippen molar-refractivity contribution in [2.24, 2.45) is 0 Å². The van der Waals surface area contributed by atoms with Gasteiger partial charge in [-0.25, -0.2) is 15.0 Å². The molecular formula is C17H25N7S. The third-order valence-corrected chi connectivity index (χ3v) is 5.43. The van der Waals surface area contributed by atoms with Gasteiger partial charge in [0.2, 0.25) is 0 Å². The molecule has 25 heavy (non-hydrogen) atoms. The summed E-state index contributed by atoms with van der Waals surface area (Å²) in [6.07, 6.45) is 4.77. The minimum atomic E-state index is 0.727. The number of aryl methyl sites for hydroxylation is 1. The second-order valence-electron chi connectivity index (χ2n) is 6.16. The van der Waals surface area contributed by atoms with Crippen LogP contribution in [-0.4, -0.2) is 65.8 Å². The smallest absolute Gasteiger partial charge is 0.143 e. The Labute approximate surface area is 152 Å². The van der Waals surface area contributed by atoms with Gasteiger partial charge in [-0.2, -0.15) is 0 Å². The number of thiazole rings is 1. The lowest BCUT2D eigenvalue weighted by molar-refractivity contribution is 0.312. The van der Waals surface area contributed by atoms with Crippen LogP contribution in [0.25, 0.3) is 0 Å². The van der Waals surface area contributed by atoms with Crippen LogP contribution in [0.3, 0.4) is 0 Å². The highest BCUT2D eigenvalue weighted by atomic mass is 32.1. The molecule has 2 aromatic heterocycles. The van der Waals surface area contributed by atoms with Crippen LogP contribution >= 0.6 is 11.3 Å². The van der Waals surface area contributed by atoms with Gasteiger partial charge in [0.05, 0.1) is 16.3 Å². The van der Waals surface area contributed by atoms with Gasteiger partial charge in [0.1, 0.15) is 18.0 Å². The van der Waals surface area contributed by atoms with Crippen molar-refractivity contribution >= 4 is 29.2 Å². The molecule has 0 aliphatic carbocycles. The van der Waals surface area contributed by atoms with E-state index >= 15 is 0 Å². The van der Waals surface area contributed by atoms with E-state index in [1.54, 1.807) is 17.7 Å². The van der Waals surface area contributed by atoms with Crippen molar-refractivity contribution in [2.45, 2.75) is 19.8 Å². The van der Waals surface area contributed by atoms with E-state index in [1.165, 1.54) is 11.2 Å². The van der Waals surface area contributed by atoms with Gasteiger partial charge >= 0.3 is 0 Å². The van der Waals surface area contributed by atoms with Crippen molar-refractivity contribution in [3.05, 3.63) is 28.0 Å². The van der Waals surface area contributed by atoms with Gasteiger partial charge in [0, 0.05) is 50.7 Å². The number of likely N-dealkylation sites (N-methyl/N-ethyl adjacent to an activating group) is 1. The molecule has 1 aliphatic heterocycles. The predicted molar refractivity (Wildman–Crippen MR) is 103 cm³/mol. The molecule has 0 amide bonds. The van der Waals surface area contributed by atoms with Gasteiger partial charge in [-0.15, -0.1) is 11.3 Å². The van der Waals surface area contributed by atoms with Crippen molar-refractivity contribution in [3.8, 4) is 0 Å². The average molecular weight is 360 g/mol. The first-order valence-electron chi connectivity index (χ1n) is 8.67. The van der Waals surface area contributed by atoms with Gasteiger partial charge in [-0.3, -0.25) is 0 Å².